The molecule has 3 atom stereocenters. The normalized spacial score (nSPS) is 31.1. The summed E-state index contributed by atoms with van der Waals surface area (Å²) in [5.74, 6) is 1.00. The molecule has 3 heterocycles. The highest BCUT2D eigenvalue weighted by Gasteiger charge is 2.59. The molecule has 0 aliphatic carbocycles. The molecule has 5 heteroatoms. The second-order valence-electron chi connectivity index (χ2n) is 8.22. The molecule has 3 fully saturated rings. The maximum absolute atomic E-state index is 12.8. The molecule has 3 aliphatic rings. The third-order valence-corrected chi connectivity index (χ3v) is 6.36. The van der Waals surface area contributed by atoms with Crippen molar-refractivity contribution in [2.24, 2.45) is 11.8 Å². The van der Waals surface area contributed by atoms with Crippen LogP contribution in [0.25, 0.3) is 0 Å². The number of piperidine rings is 2. The van der Waals surface area contributed by atoms with Crippen molar-refractivity contribution in [2.45, 2.75) is 51.3 Å². The van der Waals surface area contributed by atoms with Crippen LogP contribution in [-0.2, 0) is 20.7 Å². The highest BCUT2D eigenvalue weighted by atomic mass is 16.5. The molecule has 0 saturated carbocycles. The van der Waals surface area contributed by atoms with Crippen LogP contribution < -0.4 is 0 Å². The summed E-state index contributed by atoms with van der Waals surface area (Å²) in [5.41, 5.74) is 0.573. The molecule has 1 aromatic carbocycles. The molecule has 140 valence electrons. The van der Waals surface area contributed by atoms with Gasteiger partial charge in [0.1, 0.15) is 5.72 Å². The molecule has 4 rings (SSSR count). The number of benzene rings is 1. The van der Waals surface area contributed by atoms with Gasteiger partial charge in [-0.3, -0.25) is 9.59 Å². The molecule has 5 nitrogen and oxygen atoms in total. The van der Waals surface area contributed by atoms with Crippen molar-refractivity contribution < 1.29 is 14.3 Å². The maximum Gasteiger partial charge on any atom is 0.227 e. The minimum absolute atomic E-state index is 0.164. The molecule has 1 aromatic rings. The van der Waals surface area contributed by atoms with E-state index in [1.807, 2.05) is 40.1 Å². The van der Waals surface area contributed by atoms with E-state index in [4.69, 9.17) is 4.74 Å². The molecule has 3 saturated heterocycles. The molecule has 3 aliphatic heterocycles. The van der Waals surface area contributed by atoms with Crippen LogP contribution in [0.3, 0.4) is 0 Å². The van der Waals surface area contributed by atoms with Gasteiger partial charge in [-0.15, -0.1) is 0 Å². The predicted octanol–water partition coefficient (Wildman–Crippen LogP) is 2.45. The largest absolute Gasteiger partial charge is 0.353 e. The summed E-state index contributed by atoms with van der Waals surface area (Å²) in [6, 6.07) is 10.1. The van der Waals surface area contributed by atoms with Crippen LogP contribution in [0, 0.1) is 11.8 Å². The van der Waals surface area contributed by atoms with E-state index >= 15 is 0 Å². The average molecular weight is 356 g/mol. The van der Waals surface area contributed by atoms with Gasteiger partial charge >= 0.3 is 0 Å². The molecule has 0 N–H and O–H groups in total. The zero-order valence-corrected chi connectivity index (χ0v) is 15.7. The van der Waals surface area contributed by atoms with E-state index in [1.165, 1.54) is 0 Å². The first-order valence-corrected chi connectivity index (χ1v) is 9.79. The summed E-state index contributed by atoms with van der Waals surface area (Å²) in [7, 11) is 0. The molecular weight excluding hydrogens is 328 g/mol. The van der Waals surface area contributed by atoms with Crippen LogP contribution >= 0.6 is 0 Å². The van der Waals surface area contributed by atoms with E-state index < -0.39 is 5.72 Å². The van der Waals surface area contributed by atoms with Gasteiger partial charge in [-0.05, 0) is 17.9 Å². The lowest BCUT2D eigenvalue weighted by atomic mass is 9.79. The SMILES string of the molecule is CC(C)[C@H]1CO[C@]23CCN(C(=O)Cc4ccccc4)C[C@H]2CCC(=O)N13. The topological polar surface area (TPSA) is 49.9 Å². The predicted molar refractivity (Wildman–Crippen MR) is 98.2 cm³/mol. The van der Waals surface area contributed by atoms with Gasteiger partial charge in [0.2, 0.25) is 11.8 Å². The number of likely N-dealkylation sites (tertiary alicyclic amines) is 1. The van der Waals surface area contributed by atoms with Gasteiger partial charge in [0.25, 0.3) is 0 Å². The number of hydrogen-bond donors (Lipinski definition) is 0. The third kappa shape index (κ3) is 2.82. The minimum Gasteiger partial charge on any atom is -0.353 e. The zero-order valence-electron chi connectivity index (χ0n) is 15.7. The summed E-state index contributed by atoms with van der Waals surface area (Å²) in [4.78, 5) is 29.5. The molecule has 0 unspecified atom stereocenters. The average Bonchev–Trinajstić information content (AvgIpc) is 3.03. The Balaban J connectivity index is 1.49. The fraction of sp³-hybridized carbons (Fsp3) is 0.619. The fourth-order valence-electron chi connectivity index (χ4n) is 4.89. The number of ether oxygens (including phenoxy) is 1. The van der Waals surface area contributed by atoms with E-state index in [9.17, 15) is 9.59 Å². The monoisotopic (exact) mass is 356 g/mol. The summed E-state index contributed by atoms with van der Waals surface area (Å²) in [6.07, 6.45) is 2.56. The van der Waals surface area contributed by atoms with Gasteiger partial charge in [-0.2, -0.15) is 0 Å². The van der Waals surface area contributed by atoms with E-state index in [-0.39, 0.29) is 23.8 Å². The second kappa shape index (κ2) is 6.69. The maximum atomic E-state index is 12.8. The minimum atomic E-state index is -0.478. The summed E-state index contributed by atoms with van der Waals surface area (Å²) in [6.45, 7) is 6.29. The van der Waals surface area contributed by atoms with Gasteiger partial charge < -0.3 is 14.5 Å². The van der Waals surface area contributed by atoms with Crippen LogP contribution in [0.4, 0.5) is 0 Å². The first-order valence-electron chi connectivity index (χ1n) is 9.79. The van der Waals surface area contributed by atoms with Crippen LogP contribution in [-0.4, -0.2) is 53.1 Å². The standard InChI is InChI=1S/C21H28N2O3/c1-15(2)18-14-26-21-10-11-22(13-17(21)8-9-19(24)23(18)21)20(25)12-16-6-4-3-5-7-16/h3-7,15,17-18H,8-14H2,1-2H3/t17-,18-,21-/m1/s1. The number of rotatable bonds is 3. The van der Waals surface area contributed by atoms with Crippen LogP contribution in [0.2, 0.25) is 0 Å². The van der Waals surface area contributed by atoms with Crippen LogP contribution in [0.1, 0.15) is 38.7 Å². The number of nitrogens with zero attached hydrogens (tertiary/aromatic N) is 2. The van der Waals surface area contributed by atoms with Crippen molar-refractivity contribution in [3.05, 3.63) is 35.9 Å². The lowest BCUT2D eigenvalue weighted by Gasteiger charge is -2.53. The Morgan fingerprint density at radius 1 is 1.31 bits per heavy atom. The number of carbonyl (C=O) groups is 2. The van der Waals surface area contributed by atoms with Crippen LogP contribution in [0.5, 0.6) is 0 Å². The molecule has 1 spiro atoms. The summed E-state index contributed by atoms with van der Waals surface area (Å²) >= 11 is 0. The Kier molecular flexibility index (Phi) is 4.51. The molecule has 26 heavy (non-hydrogen) atoms. The molecular formula is C21H28N2O3. The van der Waals surface area contributed by atoms with Crippen molar-refractivity contribution in [2.75, 3.05) is 19.7 Å². The highest BCUT2D eigenvalue weighted by molar-refractivity contribution is 5.80. The smallest absolute Gasteiger partial charge is 0.227 e. The quantitative estimate of drug-likeness (QED) is 0.836. The Hall–Kier alpha value is -1.88. The van der Waals surface area contributed by atoms with Gasteiger partial charge in [0.05, 0.1) is 19.1 Å². The van der Waals surface area contributed by atoms with E-state index in [1.54, 1.807) is 0 Å². The zero-order chi connectivity index (χ0) is 18.3. The van der Waals surface area contributed by atoms with Gasteiger partial charge in [0.15, 0.2) is 0 Å². The second-order valence-corrected chi connectivity index (χ2v) is 8.22. The number of carbonyl (C=O) groups excluding carboxylic acids is 2. The Morgan fingerprint density at radius 3 is 2.81 bits per heavy atom. The molecule has 0 aromatic heterocycles. The third-order valence-electron chi connectivity index (χ3n) is 6.36. The van der Waals surface area contributed by atoms with Gasteiger partial charge in [-0.25, -0.2) is 0 Å². The van der Waals surface area contributed by atoms with Crippen molar-refractivity contribution in [1.29, 1.82) is 0 Å². The molecule has 2 amide bonds. The lowest BCUT2D eigenvalue weighted by molar-refractivity contribution is -0.193. The molecule has 0 radical (unpaired) electrons. The van der Waals surface area contributed by atoms with E-state index in [0.29, 0.717) is 38.5 Å². The van der Waals surface area contributed by atoms with Gasteiger partial charge in [-0.1, -0.05) is 44.2 Å². The summed E-state index contributed by atoms with van der Waals surface area (Å²) in [5, 5.41) is 0. The lowest BCUT2D eigenvalue weighted by Crippen LogP contribution is -2.65. The first-order chi connectivity index (χ1) is 12.5. The van der Waals surface area contributed by atoms with Crippen molar-refractivity contribution in [3.63, 3.8) is 0 Å². The molecule has 0 bridgehead atoms. The van der Waals surface area contributed by atoms with Crippen molar-refractivity contribution >= 4 is 11.8 Å². The highest BCUT2D eigenvalue weighted by Crippen LogP contribution is 2.47. The van der Waals surface area contributed by atoms with E-state index in [2.05, 4.69) is 13.8 Å². The number of amides is 2. The van der Waals surface area contributed by atoms with Crippen molar-refractivity contribution in [3.8, 4) is 0 Å². The fourth-order valence-corrected chi connectivity index (χ4v) is 4.89. The van der Waals surface area contributed by atoms with Crippen LogP contribution in [0.15, 0.2) is 30.3 Å². The van der Waals surface area contributed by atoms with E-state index in [0.717, 1.165) is 18.4 Å². The Labute approximate surface area is 155 Å². The van der Waals surface area contributed by atoms with Gasteiger partial charge in [0, 0.05) is 31.8 Å². The van der Waals surface area contributed by atoms with Crippen molar-refractivity contribution in [1.82, 2.24) is 9.80 Å². The summed E-state index contributed by atoms with van der Waals surface area (Å²) < 4.78 is 6.31. The Morgan fingerprint density at radius 2 is 2.08 bits per heavy atom. The Bertz CT molecular complexity index is 690. The first kappa shape index (κ1) is 17.5. The number of hydrogen-bond acceptors (Lipinski definition) is 3.